The summed E-state index contributed by atoms with van der Waals surface area (Å²) in [6.07, 6.45) is -3.74. The van der Waals surface area contributed by atoms with Crippen LogP contribution in [0.15, 0.2) is 48.5 Å². The molecule has 0 aromatic heterocycles. The minimum absolute atomic E-state index is 0.0167. The molecule has 0 atom stereocenters. The molecular formula is C19H19F3N2O2. The van der Waals surface area contributed by atoms with Crippen LogP contribution >= 0.6 is 0 Å². The second kappa shape index (κ2) is 8.03. The average molecular weight is 364 g/mol. The molecule has 0 bridgehead atoms. The van der Waals surface area contributed by atoms with Crippen LogP contribution < -0.4 is 0 Å². The van der Waals surface area contributed by atoms with E-state index in [9.17, 15) is 22.8 Å². The molecule has 0 heterocycles. The maximum absolute atomic E-state index is 12.6. The second-order valence-electron chi connectivity index (χ2n) is 6.07. The lowest BCUT2D eigenvalue weighted by Gasteiger charge is -2.19. The summed E-state index contributed by atoms with van der Waals surface area (Å²) in [6.45, 7) is 0.257. The molecule has 2 aromatic rings. The molecule has 138 valence electrons. The lowest BCUT2D eigenvalue weighted by Crippen LogP contribution is -2.35. The molecule has 2 amide bonds. The Morgan fingerprint density at radius 1 is 0.962 bits per heavy atom. The van der Waals surface area contributed by atoms with Crippen molar-refractivity contribution in [2.45, 2.75) is 12.7 Å². The molecule has 0 fully saturated rings. The lowest BCUT2D eigenvalue weighted by atomic mass is 10.0. The number of carbonyl (C=O) groups is 2. The van der Waals surface area contributed by atoms with Crippen molar-refractivity contribution >= 4 is 12.3 Å². The third kappa shape index (κ3) is 5.08. The van der Waals surface area contributed by atoms with Crippen LogP contribution in [0.2, 0.25) is 0 Å². The smallest absolute Gasteiger partial charge is 0.347 e. The Hall–Kier alpha value is -2.83. The van der Waals surface area contributed by atoms with E-state index in [2.05, 4.69) is 0 Å². The van der Waals surface area contributed by atoms with Crippen LogP contribution in [0.25, 0.3) is 11.1 Å². The fourth-order valence-corrected chi connectivity index (χ4v) is 2.33. The van der Waals surface area contributed by atoms with E-state index in [1.54, 1.807) is 38.4 Å². The Labute approximate surface area is 149 Å². The fraction of sp³-hybridized carbons (Fsp3) is 0.263. The predicted octanol–water partition coefficient (Wildman–Crippen LogP) is 3.42. The van der Waals surface area contributed by atoms with E-state index in [0.29, 0.717) is 12.0 Å². The van der Waals surface area contributed by atoms with Crippen molar-refractivity contribution in [3.05, 3.63) is 59.7 Å². The molecule has 26 heavy (non-hydrogen) atoms. The van der Waals surface area contributed by atoms with Crippen LogP contribution in [0.4, 0.5) is 13.2 Å². The topological polar surface area (TPSA) is 40.6 Å². The van der Waals surface area contributed by atoms with Crippen molar-refractivity contribution in [2.24, 2.45) is 0 Å². The highest BCUT2D eigenvalue weighted by Gasteiger charge is 2.29. The van der Waals surface area contributed by atoms with Crippen LogP contribution in [0, 0.1) is 0 Å². The lowest BCUT2D eigenvalue weighted by molar-refractivity contribution is -0.137. The SMILES string of the molecule is CN(C)C(=O)CN(C=O)Cc1ccc(-c2ccc(C(F)(F)F)cc2)cc1. The standard InChI is InChI=1S/C19H19F3N2O2/c1-23(2)18(26)12-24(13-25)11-14-3-5-15(6-4-14)16-7-9-17(10-8-16)19(20,21)22/h3-10,13H,11-12H2,1-2H3. The van der Waals surface area contributed by atoms with Crippen LogP contribution in [0.5, 0.6) is 0 Å². The van der Waals surface area contributed by atoms with E-state index in [1.807, 2.05) is 0 Å². The Kier molecular flexibility index (Phi) is 6.02. The third-order valence-corrected chi connectivity index (χ3v) is 3.87. The molecule has 7 heteroatoms. The first-order valence-corrected chi connectivity index (χ1v) is 7.87. The number of hydrogen-bond donors (Lipinski definition) is 0. The minimum Gasteiger partial charge on any atom is -0.347 e. The number of likely N-dealkylation sites (N-methyl/N-ethyl adjacent to an activating group) is 1. The first-order chi connectivity index (χ1) is 12.2. The van der Waals surface area contributed by atoms with E-state index in [4.69, 9.17) is 0 Å². The highest BCUT2D eigenvalue weighted by atomic mass is 19.4. The summed E-state index contributed by atoms with van der Waals surface area (Å²) in [5.41, 5.74) is 1.56. The average Bonchev–Trinajstić information content (AvgIpc) is 2.61. The van der Waals surface area contributed by atoms with Crippen molar-refractivity contribution in [1.29, 1.82) is 0 Å². The van der Waals surface area contributed by atoms with E-state index in [-0.39, 0.29) is 19.0 Å². The molecule has 0 radical (unpaired) electrons. The number of nitrogens with zero attached hydrogens (tertiary/aromatic N) is 2. The monoisotopic (exact) mass is 364 g/mol. The van der Waals surface area contributed by atoms with Gasteiger partial charge < -0.3 is 9.80 Å². The molecule has 0 aliphatic heterocycles. The summed E-state index contributed by atoms with van der Waals surface area (Å²) in [5, 5.41) is 0. The first-order valence-electron chi connectivity index (χ1n) is 7.87. The number of rotatable bonds is 6. The minimum atomic E-state index is -4.36. The van der Waals surface area contributed by atoms with Crippen LogP contribution in [0.1, 0.15) is 11.1 Å². The molecule has 0 aliphatic rings. The number of amides is 2. The first kappa shape index (κ1) is 19.5. The fourth-order valence-electron chi connectivity index (χ4n) is 2.33. The molecule has 0 saturated carbocycles. The largest absolute Gasteiger partial charge is 0.416 e. The van der Waals surface area contributed by atoms with E-state index >= 15 is 0 Å². The highest BCUT2D eigenvalue weighted by molar-refractivity contribution is 5.79. The number of carbonyl (C=O) groups excluding carboxylic acids is 2. The zero-order valence-corrected chi connectivity index (χ0v) is 14.5. The summed E-state index contributed by atoms with van der Waals surface area (Å²) in [5.74, 6) is -0.182. The Bertz CT molecular complexity index is 754. The molecule has 0 unspecified atom stereocenters. The molecule has 0 saturated heterocycles. The number of alkyl halides is 3. The van der Waals surface area contributed by atoms with Crippen molar-refractivity contribution in [3.8, 4) is 11.1 Å². The summed E-state index contributed by atoms with van der Waals surface area (Å²) in [7, 11) is 3.23. The molecule has 4 nitrogen and oxygen atoms in total. The van der Waals surface area contributed by atoms with Gasteiger partial charge in [-0.1, -0.05) is 36.4 Å². The summed E-state index contributed by atoms with van der Waals surface area (Å²) in [4.78, 5) is 25.6. The Balaban J connectivity index is 2.08. The quantitative estimate of drug-likeness (QED) is 0.737. The van der Waals surface area contributed by atoms with Gasteiger partial charge in [0.15, 0.2) is 0 Å². The van der Waals surface area contributed by atoms with Gasteiger partial charge in [0.25, 0.3) is 0 Å². The van der Waals surface area contributed by atoms with Crippen molar-refractivity contribution in [2.75, 3.05) is 20.6 Å². The normalized spacial score (nSPS) is 11.1. The molecule has 0 spiro atoms. The second-order valence-corrected chi connectivity index (χ2v) is 6.07. The van der Waals surface area contributed by atoms with Crippen LogP contribution in [-0.4, -0.2) is 42.8 Å². The van der Waals surface area contributed by atoms with Gasteiger partial charge >= 0.3 is 6.18 Å². The maximum Gasteiger partial charge on any atom is 0.416 e. The van der Waals surface area contributed by atoms with Gasteiger partial charge in [-0.2, -0.15) is 13.2 Å². The zero-order valence-electron chi connectivity index (χ0n) is 14.5. The zero-order chi connectivity index (χ0) is 19.3. The number of benzene rings is 2. The maximum atomic E-state index is 12.6. The van der Waals surface area contributed by atoms with E-state index < -0.39 is 11.7 Å². The van der Waals surface area contributed by atoms with Crippen molar-refractivity contribution < 1.29 is 22.8 Å². The molecule has 0 N–H and O–H groups in total. The predicted molar refractivity (Wildman–Crippen MR) is 92.0 cm³/mol. The molecule has 2 rings (SSSR count). The van der Waals surface area contributed by atoms with Crippen LogP contribution in [-0.2, 0) is 22.3 Å². The number of halogens is 3. The van der Waals surface area contributed by atoms with Gasteiger partial charge in [-0.15, -0.1) is 0 Å². The molecule has 0 aliphatic carbocycles. The van der Waals surface area contributed by atoms with Gasteiger partial charge in [-0.05, 0) is 28.8 Å². The Morgan fingerprint density at radius 3 is 1.88 bits per heavy atom. The van der Waals surface area contributed by atoms with E-state index in [1.165, 1.54) is 21.9 Å². The summed E-state index contributed by atoms with van der Waals surface area (Å²) >= 11 is 0. The van der Waals surface area contributed by atoms with Gasteiger partial charge in [0, 0.05) is 20.6 Å². The van der Waals surface area contributed by atoms with E-state index in [0.717, 1.165) is 23.3 Å². The third-order valence-electron chi connectivity index (χ3n) is 3.87. The van der Waals surface area contributed by atoms with Gasteiger partial charge in [-0.3, -0.25) is 9.59 Å². The number of hydrogen-bond acceptors (Lipinski definition) is 2. The van der Waals surface area contributed by atoms with Crippen molar-refractivity contribution in [1.82, 2.24) is 9.80 Å². The van der Waals surface area contributed by atoms with Gasteiger partial charge in [-0.25, -0.2) is 0 Å². The van der Waals surface area contributed by atoms with Gasteiger partial charge in [0.05, 0.1) is 12.1 Å². The van der Waals surface area contributed by atoms with Crippen molar-refractivity contribution in [3.63, 3.8) is 0 Å². The van der Waals surface area contributed by atoms with Gasteiger partial charge in [0.2, 0.25) is 12.3 Å². The summed E-state index contributed by atoms with van der Waals surface area (Å²) < 4.78 is 37.8. The Morgan fingerprint density at radius 2 is 1.46 bits per heavy atom. The molecular weight excluding hydrogens is 345 g/mol. The van der Waals surface area contributed by atoms with Crippen LogP contribution in [0.3, 0.4) is 0 Å². The highest BCUT2D eigenvalue weighted by Crippen LogP contribution is 2.31. The van der Waals surface area contributed by atoms with Gasteiger partial charge in [0.1, 0.15) is 0 Å². The molecule has 2 aromatic carbocycles. The summed E-state index contributed by atoms with van der Waals surface area (Å²) in [6, 6.07) is 12.0.